The molecule has 0 amide bonds. The number of methoxy groups -OCH3 is 1. The molecule has 2 aliphatic rings. The summed E-state index contributed by atoms with van der Waals surface area (Å²) in [5.74, 6) is -1.19. The van der Waals surface area contributed by atoms with Crippen molar-refractivity contribution in [2.45, 2.75) is 37.5 Å². The first-order valence-electron chi connectivity index (χ1n) is 7.54. The van der Waals surface area contributed by atoms with Gasteiger partial charge in [0.1, 0.15) is 12.0 Å². The second kappa shape index (κ2) is 6.08. The largest absolute Gasteiger partial charge is 0.469 e. The lowest BCUT2D eigenvalue weighted by Crippen LogP contribution is -2.52. The third-order valence-corrected chi connectivity index (χ3v) is 4.75. The first kappa shape index (κ1) is 15.0. The van der Waals surface area contributed by atoms with Crippen molar-refractivity contribution in [1.82, 2.24) is 4.90 Å². The highest BCUT2D eigenvalue weighted by atomic mass is 16.6. The molecule has 0 aromatic heterocycles. The normalized spacial score (nSPS) is 30.8. The number of hydrogen-bond donors (Lipinski definition) is 0. The summed E-state index contributed by atoms with van der Waals surface area (Å²) in [6.07, 6.45) is 2.03. The van der Waals surface area contributed by atoms with Crippen LogP contribution < -0.4 is 0 Å². The van der Waals surface area contributed by atoms with Gasteiger partial charge in [-0.3, -0.25) is 9.69 Å². The Labute approximate surface area is 130 Å². The van der Waals surface area contributed by atoms with Gasteiger partial charge in [0.15, 0.2) is 0 Å². The van der Waals surface area contributed by atoms with Crippen molar-refractivity contribution in [1.29, 1.82) is 0 Å². The molecule has 3 rings (SSSR count). The number of piperidine rings is 1. The minimum Gasteiger partial charge on any atom is -0.469 e. The molecule has 2 saturated heterocycles. The average Bonchev–Trinajstić information content (AvgIpc) is 2.78. The van der Waals surface area contributed by atoms with Crippen LogP contribution in [0.3, 0.4) is 0 Å². The van der Waals surface area contributed by atoms with E-state index in [1.54, 1.807) is 24.3 Å². The molecule has 0 N–H and O–H groups in total. The van der Waals surface area contributed by atoms with Crippen LogP contribution in [-0.2, 0) is 14.3 Å². The average molecular weight is 302 g/mol. The molecule has 2 aliphatic heterocycles. The number of carbonyl (C=O) groups excluding carboxylic acids is 2. The molecule has 1 aromatic carbocycles. The molecule has 2 heterocycles. The van der Waals surface area contributed by atoms with Gasteiger partial charge in [-0.05, 0) is 25.0 Å². The van der Waals surface area contributed by atoms with E-state index in [1.807, 2.05) is 11.0 Å². The molecule has 22 heavy (non-hydrogen) atoms. The van der Waals surface area contributed by atoms with Gasteiger partial charge in [-0.1, -0.05) is 18.2 Å². The van der Waals surface area contributed by atoms with Crippen LogP contribution in [0.5, 0.6) is 0 Å². The van der Waals surface area contributed by atoms with E-state index in [0.29, 0.717) is 12.0 Å². The van der Waals surface area contributed by atoms with Gasteiger partial charge < -0.3 is 9.47 Å². The van der Waals surface area contributed by atoms with Crippen molar-refractivity contribution < 1.29 is 19.1 Å². The standard InChI is InChI=1S/C17H20NO4/c1-18-12-8-9-13(18)15(17(20)21-2)14(10-12)22-16(19)11-6-4-3-5-7-11/h3-7,12-15H,1,8-10H2,2H3. The molecule has 2 bridgehead atoms. The predicted molar refractivity (Wildman–Crippen MR) is 79.8 cm³/mol. The minimum atomic E-state index is -0.464. The fourth-order valence-corrected chi connectivity index (χ4v) is 3.61. The van der Waals surface area contributed by atoms with Crippen LogP contribution in [0.25, 0.3) is 0 Å². The van der Waals surface area contributed by atoms with Crippen molar-refractivity contribution in [2.75, 3.05) is 7.11 Å². The summed E-state index contributed by atoms with van der Waals surface area (Å²) in [7, 11) is 5.41. The van der Waals surface area contributed by atoms with Crippen LogP contribution in [0.1, 0.15) is 29.6 Å². The number of benzene rings is 1. The van der Waals surface area contributed by atoms with E-state index in [0.717, 1.165) is 12.8 Å². The Hall–Kier alpha value is -1.88. The molecule has 1 aromatic rings. The predicted octanol–water partition coefficient (Wildman–Crippen LogP) is 2.03. The number of fused-ring (bicyclic) bond motifs is 2. The summed E-state index contributed by atoms with van der Waals surface area (Å²) in [6, 6.07) is 9.09. The number of nitrogens with zero attached hydrogens (tertiary/aromatic N) is 1. The molecule has 4 atom stereocenters. The number of esters is 2. The Morgan fingerprint density at radius 1 is 1.23 bits per heavy atom. The summed E-state index contributed by atoms with van der Waals surface area (Å²) in [5, 5.41) is 0. The third kappa shape index (κ3) is 2.61. The zero-order valence-corrected chi connectivity index (χ0v) is 12.6. The smallest absolute Gasteiger partial charge is 0.338 e. The van der Waals surface area contributed by atoms with Gasteiger partial charge in [-0.2, -0.15) is 0 Å². The van der Waals surface area contributed by atoms with Gasteiger partial charge in [-0.15, -0.1) is 0 Å². The van der Waals surface area contributed by atoms with Crippen molar-refractivity contribution in [3.05, 3.63) is 42.9 Å². The Morgan fingerprint density at radius 2 is 1.95 bits per heavy atom. The first-order valence-corrected chi connectivity index (χ1v) is 7.54. The van der Waals surface area contributed by atoms with Crippen molar-refractivity contribution in [2.24, 2.45) is 5.92 Å². The lowest BCUT2D eigenvalue weighted by Gasteiger charge is -2.40. The maximum absolute atomic E-state index is 12.3. The summed E-state index contributed by atoms with van der Waals surface area (Å²) in [4.78, 5) is 26.4. The molecular weight excluding hydrogens is 282 g/mol. The van der Waals surface area contributed by atoms with Gasteiger partial charge in [0.2, 0.25) is 0 Å². The van der Waals surface area contributed by atoms with Crippen LogP contribution in [0.4, 0.5) is 0 Å². The minimum absolute atomic E-state index is 0.0141. The fourth-order valence-electron chi connectivity index (χ4n) is 3.61. The van der Waals surface area contributed by atoms with Gasteiger partial charge in [0.05, 0.1) is 12.7 Å². The Balaban J connectivity index is 1.79. The molecule has 0 saturated carbocycles. The monoisotopic (exact) mass is 302 g/mol. The van der Waals surface area contributed by atoms with Gasteiger partial charge in [0.25, 0.3) is 0 Å². The molecule has 5 heteroatoms. The van der Waals surface area contributed by atoms with E-state index in [-0.39, 0.29) is 18.1 Å². The van der Waals surface area contributed by atoms with E-state index >= 15 is 0 Å². The van der Waals surface area contributed by atoms with Crippen molar-refractivity contribution in [3.63, 3.8) is 0 Å². The number of hydrogen-bond acceptors (Lipinski definition) is 5. The Kier molecular flexibility index (Phi) is 4.16. The van der Waals surface area contributed by atoms with Crippen LogP contribution in [-0.4, -0.2) is 42.1 Å². The molecule has 117 valence electrons. The molecule has 0 aliphatic carbocycles. The lowest BCUT2D eigenvalue weighted by atomic mass is 9.87. The van der Waals surface area contributed by atoms with Crippen LogP contribution >= 0.6 is 0 Å². The van der Waals surface area contributed by atoms with E-state index in [1.165, 1.54) is 7.11 Å². The lowest BCUT2D eigenvalue weighted by molar-refractivity contribution is -0.155. The Bertz CT molecular complexity index is 559. The second-order valence-electron chi connectivity index (χ2n) is 5.91. The number of ether oxygens (including phenoxy) is 2. The third-order valence-electron chi connectivity index (χ3n) is 4.75. The van der Waals surface area contributed by atoms with Gasteiger partial charge >= 0.3 is 11.9 Å². The summed E-state index contributed by atoms with van der Waals surface area (Å²) >= 11 is 0. The Morgan fingerprint density at radius 3 is 2.64 bits per heavy atom. The number of carbonyl (C=O) groups is 2. The second-order valence-corrected chi connectivity index (χ2v) is 5.91. The number of rotatable bonds is 3. The summed E-state index contributed by atoms with van der Waals surface area (Å²) < 4.78 is 10.6. The van der Waals surface area contributed by atoms with Crippen molar-refractivity contribution in [3.8, 4) is 0 Å². The van der Waals surface area contributed by atoms with Gasteiger partial charge in [-0.25, -0.2) is 4.79 Å². The van der Waals surface area contributed by atoms with Crippen LogP contribution in [0.2, 0.25) is 0 Å². The molecular formula is C17H20NO4. The highest BCUT2D eigenvalue weighted by molar-refractivity contribution is 5.89. The van der Waals surface area contributed by atoms with E-state index in [9.17, 15) is 9.59 Å². The zero-order chi connectivity index (χ0) is 15.7. The highest BCUT2D eigenvalue weighted by Crippen LogP contribution is 2.40. The molecule has 0 spiro atoms. The summed E-state index contributed by atoms with van der Waals surface area (Å²) in [6.45, 7) is 0. The molecule has 1 radical (unpaired) electrons. The first-order chi connectivity index (χ1) is 10.6. The molecule has 2 fully saturated rings. The van der Waals surface area contributed by atoms with Crippen LogP contribution in [0, 0.1) is 13.0 Å². The maximum Gasteiger partial charge on any atom is 0.338 e. The van der Waals surface area contributed by atoms with Crippen molar-refractivity contribution >= 4 is 11.9 Å². The quantitative estimate of drug-likeness (QED) is 0.800. The summed E-state index contributed by atoms with van der Waals surface area (Å²) in [5.41, 5.74) is 0.496. The molecule has 4 unspecified atom stereocenters. The van der Waals surface area contributed by atoms with Gasteiger partial charge in [0, 0.05) is 25.6 Å². The topological polar surface area (TPSA) is 55.8 Å². The van der Waals surface area contributed by atoms with E-state index in [4.69, 9.17) is 9.47 Å². The van der Waals surface area contributed by atoms with Crippen LogP contribution in [0.15, 0.2) is 30.3 Å². The SMILES string of the molecule is [CH2]N1C2CCC1C(C(=O)OC)C(OC(=O)c1ccccc1)C2. The van der Waals surface area contributed by atoms with E-state index < -0.39 is 18.0 Å². The van der Waals surface area contributed by atoms with E-state index in [2.05, 4.69) is 7.05 Å². The molecule has 5 nitrogen and oxygen atoms in total. The highest BCUT2D eigenvalue weighted by Gasteiger charge is 2.51. The zero-order valence-electron chi connectivity index (χ0n) is 12.6. The fraction of sp³-hybridized carbons (Fsp3) is 0.471. The maximum atomic E-state index is 12.3.